The molecule has 31 heavy (non-hydrogen) atoms. The van der Waals surface area contributed by atoms with Gasteiger partial charge in [-0.15, -0.1) is 11.3 Å². The number of aromatic nitrogens is 1. The lowest BCUT2D eigenvalue weighted by Gasteiger charge is -2.21. The maximum Gasteiger partial charge on any atom is 0.240 e. The first-order chi connectivity index (χ1) is 14.7. The number of carbonyl (C=O) groups is 1. The average molecular weight is 463 g/mol. The maximum absolute atomic E-state index is 12.9. The zero-order chi connectivity index (χ0) is 22.4. The third kappa shape index (κ3) is 6.35. The van der Waals surface area contributed by atoms with Gasteiger partial charge in [-0.25, -0.2) is 17.8 Å². The smallest absolute Gasteiger partial charge is 0.240 e. The molecule has 164 valence electrons. The lowest BCUT2D eigenvalue weighted by Crippen LogP contribution is -2.39. The topological polar surface area (TPSA) is 76.6 Å². The Morgan fingerprint density at radius 1 is 1.16 bits per heavy atom. The number of thiazole rings is 1. The van der Waals surface area contributed by atoms with Gasteiger partial charge in [-0.3, -0.25) is 4.79 Å². The van der Waals surface area contributed by atoms with Crippen molar-refractivity contribution in [3.8, 4) is 5.75 Å². The summed E-state index contributed by atoms with van der Waals surface area (Å²) < 4.78 is 44.0. The minimum atomic E-state index is -3.74. The van der Waals surface area contributed by atoms with Crippen molar-refractivity contribution in [3.05, 3.63) is 82.1 Å². The molecule has 9 heteroatoms. The quantitative estimate of drug-likeness (QED) is 0.483. The predicted molar refractivity (Wildman–Crippen MR) is 118 cm³/mol. The van der Waals surface area contributed by atoms with Crippen LogP contribution >= 0.6 is 11.3 Å². The number of amides is 1. The van der Waals surface area contributed by atoms with E-state index in [4.69, 9.17) is 4.74 Å². The van der Waals surface area contributed by atoms with Crippen LogP contribution in [0.5, 0.6) is 5.75 Å². The maximum atomic E-state index is 12.9. The molecule has 1 aromatic heterocycles. The predicted octanol–water partition coefficient (Wildman–Crippen LogP) is 3.82. The van der Waals surface area contributed by atoms with Crippen molar-refractivity contribution in [2.24, 2.45) is 0 Å². The van der Waals surface area contributed by atoms with Crippen LogP contribution in [-0.2, 0) is 33.5 Å². The van der Waals surface area contributed by atoms with E-state index in [1.165, 1.54) is 47.4 Å². The van der Waals surface area contributed by atoms with E-state index in [1.54, 1.807) is 12.4 Å². The van der Waals surface area contributed by atoms with Crippen LogP contribution in [0.3, 0.4) is 0 Å². The minimum Gasteiger partial charge on any atom is -0.486 e. The summed E-state index contributed by atoms with van der Waals surface area (Å²) in [6, 6.07) is 15.0. The lowest BCUT2D eigenvalue weighted by atomic mass is 10.2. The minimum absolute atomic E-state index is 0.143. The molecule has 0 saturated heterocycles. The Bertz CT molecular complexity index is 1120. The summed E-state index contributed by atoms with van der Waals surface area (Å²) in [4.78, 5) is 18.4. The van der Waals surface area contributed by atoms with Gasteiger partial charge in [0.25, 0.3) is 0 Å². The lowest BCUT2D eigenvalue weighted by molar-refractivity contribution is -0.129. The summed E-state index contributed by atoms with van der Waals surface area (Å²) in [6.07, 6.45) is 0. The number of halogens is 1. The molecule has 0 aliphatic rings. The number of hydrogen-bond acceptors (Lipinski definition) is 6. The van der Waals surface area contributed by atoms with Crippen LogP contribution in [0.15, 0.2) is 60.0 Å². The fourth-order valence-electron chi connectivity index (χ4n) is 2.89. The Morgan fingerprint density at radius 3 is 2.52 bits per heavy atom. The van der Waals surface area contributed by atoms with Gasteiger partial charge in [0, 0.05) is 19.0 Å². The van der Waals surface area contributed by atoms with Gasteiger partial charge in [0.2, 0.25) is 5.91 Å². The number of hydrogen-bond donors (Lipinski definition) is 0. The van der Waals surface area contributed by atoms with Gasteiger partial charge in [-0.1, -0.05) is 30.3 Å². The number of nitrogens with zero attached hydrogens (tertiary/aromatic N) is 2. The van der Waals surface area contributed by atoms with Crippen molar-refractivity contribution < 1.29 is 22.3 Å². The fourth-order valence-corrected chi connectivity index (χ4v) is 5.00. The summed E-state index contributed by atoms with van der Waals surface area (Å²) in [5, 5.41) is 1.06. The van der Waals surface area contributed by atoms with Gasteiger partial charge in [-0.05, 0) is 36.8 Å². The van der Waals surface area contributed by atoms with Gasteiger partial charge >= 0.3 is 0 Å². The van der Waals surface area contributed by atoms with Crippen LogP contribution in [-0.4, -0.2) is 36.5 Å². The van der Waals surface area contributed by atoms with Crippen molar-refractivity contribution in [2.75, 3.05) is 7.05 Å². The molecular weight excluding hydrogens is 439 g/mol. The Morgan fingerprint density at radius 2 is 1.84 bits per heavy atom. The number of carbonyl (C=O) groups excluding carboxylic acids is 1. The number of sulfone groups is 1. The molecule has 2 aromatic carbocycles. The molecule has 1 amide bonds. The van der Waals surface area contributed by atoms with Crippen molar-refractivity contribution in [1.29, 1.82) is 0 Å². The third-order valence-corrected chi connectivity index (χ3v) is 7.50. The Balaban J connectivity index is 1.58. The SMILES string of the molecule is CC(C(=O)N(C)Cc1ccccc1)S(=O)(=O)Cc1csc(COc2ccc(F)cc2)n1. The highest BCUT2D eigenvalue weighted by Crippen LogP contribution is 2.19. The van der Waals surface area contributed by atoms with E-state index in [0.717, 1.165) is 5.56 Å². The van der Waals surface area contributed by atoms with Crippen molar-refractivity contribution in [2.45, 2.75) is 31.1 Å². The van der Waals surface area contributed by atoms with E-state index in [9.17, 15) is 17.6 Å². The first-order valence-corrected chi connectivity index (χ1v) is 12.2. The van der Waals surface area contributed by atoms with Gasteiger partial charge in [0.15, 0.2) is 9.84 Å². The van der Waals surface area contributed by atoms with Crippen LogP contribution in [0.25, 0.3) is 0 Å². The molecule has 0 bridgehead atoms. The van der Waals surface area contributed by atoms with Gasteiger partial charge in [0.1, 0.15) is 28.4 Å². The Hall–Kier alpha value is -2.78. The summed E-state index contributed by atoms with van der Waals surface area (Å²) in [5.74, 6) is -0.649. The highest BCUT2D eigenvalue weighted by atomic mass is 32.2. The van der Waals surface area contributed by atoms with Gasteiger partial charge in [0.05, 0.1) is 11.4 Å². The molecule has 0 aliphatic heterocycles. The third-order valence-electron chi connectivity index (χ3n) is 4.65. The van der Waals surface area contributed by atoms with Gasteiger partial charge < -0.3 is 9.64 Å². The standard InChI is InChI=1S/C22H23FN2O4S2/c1-16(22(26)25(2)12-17-6-4-3-5-7-17)31(27,28)15-19-14-30-21(24-19)13-29-20-10-8-18(23)9-11-20/h3-11,14,16H,12-13,15H2,1-2H3. The first kappa shape index (κ1) is 22.9. The van der Waals surface area contributed by atoms with Crippen LogP contribution in [0.2, 0.25) is 0 Å². The van der Waals surface area contributed by atoms with Gasteiger partial charge in [-0.2, -0.15) is 0 Å². The average Bonchev–Trinajstić information content (AvgIpc) is 3.19. The molecule has 0 spiro atoms. The monoisotopic (exact) mass is 462 g/mol. The normalized spacial score (nSPS) is 12.4. The molecule has 0 aliphatic carbocycles. The fraction of sp³-hybridized carbons (Fsp3) is 0.273. The van der Waals surface area contributed by atoms with E-state index in [-0.39, 0.29) is 18.2 Å². The first-order valence-electron chi connectivity index (χ1n) is 9.57. The summed E-state index contributed by atoms with van der Waals surface area (Å²) >= 11 is 1.27. The highest BCUT2D eigenvalue weighted by molar-refractivity contribution is 7.92. The zero-order valence-electron chi connectivity index (χ0n) is 17.2. The second-order valence-corrected chi connectivity index (χ2v) is 10.4. The molecule has 1 atom stereocenters. The van der Waals surface area contributed by atoms with Crippen LogP contribution in [0.1, 0.15) is 23.2 Å². The molecule has 1 unspecified atom stereocenters. The van der Waals surface area contributed by atoms with Crippen LogP contribution in [0.4, 0.5) is 4.39 Å². The van der Waals surface area contributed by atoms with E-state index < -0.39 is 21.0 Å². The molecular formula is C22H23FN2O4S2. The van der Waals surface area contributed by atoms with Crippen LogP contribution < -0.4 is 4.74 Å². The summed E-state index contributed by atoms with van der Waals surface area (Å²) in [7, 11) is -2.15. The Kier molecular flexibility index (Phi) is 7.40. The second kappa shape index (κ2) is 10.0. The molecule has 0 N–H and O–H groups in total. The van der Waals surface area contributed by atoms with Crippen molar-refractivity contribution >= 4 is 27.1 Å². The molecule has 3 rings (SSSR count). The van der Waals surface area contributed by atoms with Crippen molar-refractivity contribution in [1.82, 2.24) is 9.88 Å². The summed E-state index contributed by atoms with van der Waals surface area (Å²) in [5.41, 5.74) is 1.29. The van der Waals surface area contributed by atoms with E-state index in [1.807, 2.05) is 30.3 Å². The van der Waals surface area contributed by atoms with E-state index in [0.29, 0.717) is 23.0 Å². The molecule has 0 radical (unpaired) electrons. The number of ether oxygens (including phenoxy) is 1. The number of rotatable bonds is 9. The van der Waals surface area contributed by atoms with E-state index >= 15 is 0 Å². The van der Waals surface area contributed by atoms with E-state index in [2.05, 4.69) is 4.98 Å². The summed E-state index contributed by atoms with van der Waals surface area (Å²) in [6.45, 7) is 1.88. The molecule has 6 nitrogen and oxygen atoms in total. The van der Waals surface area contributed by atoms with Crippen LogP contribution in [0, 0.1) is 5.82 Å². The molecule has 3 aromatic rings. The second-order valence-electron chi connectivity index (χ2n) is 7.10. The molecule has 1 heterocycles. The molecule has 0 saturated carbocycles. The zero-order valence-corrected chi connectivity index (χ0v) is 18.8. The van der Waals surface area contributed by atoms with Crippen molar-refractivity contribution in [3.63, 3.8) is 0 Å². The number of benzene rings is 2. The highest BCUT2D eigenvalue weighted by Gasteiger charge is 2.31. The Labute approximate surface area is 185 Å². The largest absolute Gasteiger partial charge is 0.486 e. The molecule has 0 fully saturated rings.